The Balaban J connectivity index is 1.79. The second-order valence-electron chi connectivity index (χ2n) is 6.82. The minimum absolute atomic E-state index is 0.0566. The highest BCUT2D eigenvalue weighted by atomic mass is 32.1. The summed E-state index contributed by atoms with van der Waals surface area (Å²) in [6, 6.07) is 22.5. The summed E-state index contributed by atoms with van der Waals surface area (Å²) in [4.78, 5) is 36.8. The molecule has 0 aromatic heterocycles. The van der Waals surface area contributed by atoms with E-state index in [1.165, 1.54) is 7.11 Å². The van der Waals surface area contributed by atoms with Crippen LogP contribution in [0, 0.1) is 0 Å². The van der Waals surface area contributed by atoms with E-state index in [1.807, 2.05) is 36.4 Å². The number of ether oxygens (including phenoxy) is 1. The largest absolute Gasteiger partial charge is 0.453 e. The Morgan fingerprint density at radius 2 is 1.48 bits per heavy atom. The molecule has 0 aliphatic heterocycles. The zero-order valence-corrected chi connectivity index (χ0v) is 18.6. The molecule has 0 aliphatic carbocycles. The summed E-state index contributed by atoms with van der Waals surface area (Å²) in [5.74, 6) is -0.203. The molecule has 0 atom stereocenters. The fourth-order valence-corrected chi connectivity index (χ4v) is 3.09. The average molecular weight is 463 g/mol. The van der Waals surface area contributed by atoms with Crippen molar-refractivity contribution in [1.29, 1.82) is 0 Å². The Kier molecular flexibility index (Phi) is 8.09. The number of hydrogen-bond donors (Lipinski definition) is 4. The van der Waals surface area contributed by atoms with Crippen LogP contribution in [0.3, 0.4) is 0 Å². The van der Waals surface area contributed by atoms with Gasteiger partial charge in [0.15, 0.2) is 10.9 Å². The van der Waals surface area contributed by atoms with Crippen LogP contribution in [0.15, 0.2) is 78.9 Å². The van der Waals surface area contributed by atoms with E-state index in [-0.39, 0.29) is 10.9 Å². The Hall–Kier alpha value is -4.24. The number of urea groups is 1. The molecular formula is C24H22N4O4S. The first-order valence-electron chi connectivity index (χ1n) is 9.95. The smallest absolute Gasteiger partial charge is 0.413 e. The van der Waals surface area contributed by atoms with Gasteiger partial charge in [0.05, 0.1) is 18.5 Å². The normalized spacial score (nSPS) is 9.97. The second-order valence-corrected chi connectivity index (χ2v) is 7.23. The number of ketones is 1. The molecule has 168 valence electrons. The monoisotopic (exact) mass is 462 g/mol. The lowest BCUT2D eigenvalue weighted by Crippen LogP contribution is -2.34. The number of rotatable bonds is 6. The molecule has 9 heteroatoms. The van der Waals surface area contributed by atoms with Crippen molar-refractivity contribution in [3.63, 3.8) is 0 Å². The van der Waals surface area contributed by atoms with Crippen molar-refractivity contribution < 1.29 is 19.1 Å². The van der Waals surface area contributed by atoms with Crippen molar-refractivity contribution in [2.75, 3.05) is 17.7 Å². The molecule has 33 heavy (non-hydrogen) atoms. The Bertz CT molecular complexity index is 1150. The second kappa shape index (κ2) is 11.4. The predicted octanol–water partition coefficient (Wildman–Crippen LogP) is 4.29. The van der Waals surface area contributed by atoms with Crippen LogP contribution in [0.1, 0.15) is 21.5 Å². The Morgan fingerprint density at radius 1 is 0.818 bits per heavy atom. The van der Waals surface area contributed by atoms with Gasteiger partial charge in [-0.2, -0.15) is 0 Å². The van der Waals surface area contributed by atoms with Gasteiger partial charge in [0.25, 0.3) is 0 Å². The molecule has 0 spiro atoms. The molecule has 0 bridgehead atoms. The van der Waals surface area contributed by atoms with Crippen molar-refractivity contribution in [3.8, 4) is 0 Å². The SMILES string of the molecule is COC(=O)NC(=S)Nc1cc(C(=O)c2ccccc2)ccc1NC(=O)NCc1ccccc1. The number of carbonyl (C=O) groups excluding carboxylic acids is 3. The van der Waals surface area contributed by atoms with Gasteiger partial charge in [-0.1, -0.05) is 60.7 Å². The first-order valence-corrected chi connectivity index (χ1v) is 10.4. The molecule has 0 saturated heterocycles. The minimum Gasteiger partial charge on any atom is -0.453 e. The molecule has 0 fully saturated rings. The van der Waals surface area contributed by atoms with Crippen molar-refractivity contribution in [2.45, 2.75) is 6.54 Å². The number of anilines is 2. The van der Waals surface area contributed by atoms with Gasteiger partial charge >= 0.3 is 12.1 Å². The van der Waals surface area contributed by atoms with Gasteiger partial charge in [-0.25, -0.2) is 9.59 Å². The average Bonchev–Trinajstić information content (AvgIpc) is 2.84. The summed E-state index contributed by atoms with van der Waals surface area (Å²) in [6.45, 7) is 0.336. The van der Waals surface area contributed by atoms with Crippen LogP contribution in [0.5, 0.6) is 0 Å². The van der Waals surface area contributed by atoms with Crippen LogP contribution in [0.2, 0.25) is 0 Å². The summed E-state index contributed by atoms with van der Waals surface area (Å²) in [5.41, 5.74) is 2.52. The maximum Gasteiger partial charge on any atom is 0.413 e. The van der Waals surface area contributed by atoms with Crippen LogP contribution in [-0.2, 0) is 11.3 Å². The van der Waals surface area contributed by atoms with E-state index in [2.05, 4.69) is 26.0 Å². The summed E-state index contributed by atoms with van der Waals surface area (Å²) >= 11 is 5.13. The highest BCUT2D eigenvalue weighted by molar-refractivity contribution is 7.80. The molecule has 0 unspecified atom stereocenters. The highest BCUT2D eigenvalue weighted by Gasteiger charge is 2.15. The van der Waals surface area contributed by atoms with E-state index >= 15 is 0 Å². The van der Waals surface area contributed by atoms with E-state index in [9.17, 15) is 14.4 Å². The summed E-state index contributed by atoms with van der Waals surface area (Å²) in [6.07, 6.45) is -0.751. The summed E-state index contributed by atoms with van der Waals surface area (Å²) in [5, 5.41) is 10.6. The molecular weight excluding hydrogens is 440 g/mol. The van der Waals surface area contributed by atoms with E-state index in [0.29, 0.717) is 29.0 Å². The van der Waals surface area contributed by atoms with Crippen LogP contribution in [-0.4, -0.2) is 30.1 Å². The Morgan fingerprint density at radius 3 is 2.15 bits per heavy atom. The summed E-state index contributed by atoms with van der Waals surface area (Å²) < 4.78 is 4.54. The molecule has 0 saturated carbocycles. The van der Waals surface area contributed by atoms with Gasteiger partial charge in [0.2, 0.25) is 0 Å². The van der Waals surface area contributed by atoms with Gasteiger partial charge in [-0.15, -0.1) is 0 Å². The molecule has 3 amide bonds. The van der Waals surface area contributed by atoms with Crippen molar-refractivity contribution in [1.82, 2.24) is 10.6 Å². The lowest BCUT2D eigenvalue weighted by molar-refractivity contribution is 0.103. The summed E-state index contributed by atoms with van der Waals surface area (Å²) in [7, 11) is 1.21. The van der Waals surface area contributed by atoms with Crippen LogP contribution in [0.4, 0.5) is 21.0 Å². The van der Waals surface area contributed by atoms with Gasteiger partial charge in [0, 0.05) is 17.7 Å². The third-order valence-corrected chi connectivity index (χ3v) is 4.72. The number of thiocarbonyl (C=S) groups is 1. The third kappa shape index (κ3) is 6.88. The number of hydrogen-bond acceptors (Lipinski definition) is 5. The number of alkyl carbamates (subject to hydrolysis) is 1. The van der Waals surface area contributed by atoms with Crippen molar-refractivity contribution in [3.05, 3.63) is 95.6 Å². The van der Waals surface area contributed by atoms with Gasteiger partial charge < -0.3 is 20.7 Å². The maximum atomic E-state index is 12.9. The van der Waals surface area contributed by atoms with Crippen molar-refractivity contribution >= 4 is 46.6 Å². The van der Waals surface area contributed by atoms with Crippen LogP contribution in [0.25, 0.3) is 0 Å². The molecule has 3 aromatic carbocycles. The van der Waals surface area contributed by atoms with E-state index in [1.54, 1.807) is 42.5 Å². The van der Waals surface area contributed by atoms with E-state index in [0.717, 1.165) is 5.56 Å². The predicted molar refractivity (Wildman–Crippen MR) is 130 cm³/mol. The van der Waals surface area contributed by atoms with E-state index in [4.69, 9.17) is 12.2 Å². The first-order chi connectivity index (χ1) is 16.0. The Labute approximate surface area is 196 Å². The van der Waals surface area contributed by atoms with Crippen molar-refractivity contribution in [2.24, 2.45) is 0 Å². The maximum absolute atomic E-state index is 12.9. The third-order valence-electron chi connectivity index (χ3n) is 4.51. The number of amides is 3. The lowest BCUT2D eigenvalue weighted by atomic mass is 10.0. The molecule has 4 N–H and O–H groups in total. The first kappa shape index (κ1) is 23.4. The minimum atomic E-state index is -0.751. The molecule has 3 aromatic rings. The fraction of sp³-hybridized carbons (Fsp3) is 0.0833. The molecule has 3 rings (SSSR count). The van der Waals surface area contributed by atoms with Gasteiger partial charge in [-0.05, 0) is 36.0 Å². The van der Waals surface area contributed by atoms with Gasteiger partial charge in [0.1, 0.15) is 0 Å². The molecule has 0 radical (unpaired) electrons. The van der Waals surface area contributed by atoms with Gasteiger partial charge in [-0.3, -0.25) is 10.1 Å². The molecule has 0 heterocycles. The molecule has 8 nitrogen and oxygen atoms in total. The standard InChI is InChI=1S/C24H22N4O4S/c1-32-24(31)28-23(33)27-20-14-18(21(29)17-10-6-3-7-11-17)12-13-19(20)26-22(30)25-15-16-8-4-2-5-9-16/h2-14H,15H2,1H3,(H2,25,26,30)(H2,27,28,31,33). The number of benzene rings is 3. The van der Waals surface area contributed by atoms with Crippen LogP contribution >= 0.6 is 12.2 Å². The fourth-order valence-electron chi connectivity index (χ4n) is 2.90. The topological polar surface area (TPSA) is 109 Å². The number of carbonyl (C=O) groups is 3. The van der Waals surface area contributed by atoms with E-state index < -0.39 is 12.1 Å². The van der Waals surface area contributed by atoms with Crippen LogP contribution < -0.4 is 21.3 Å². The molecule has 0 aliphatic rings. The quantitative estimate of drug-likeness (QED) is 0.321. The number of nitrogens with one attached hydrogen (secondary N) is 4. The number of methoxy groups -OCH3 is 1. The zero-order valence-electron chi connectivity index (χ0n) is 17.8. The zero-order chi connectivity index (χ0) is 23.6. The highest BCUT2D eigenvalue weighted by Crippen LogP contribution is 2.25. The lowest BCUT2D eigenvalue weighted by Gasteiger charge is -2.16.